The molecule has 0 unspecified atom stereocenters. The lowest BCUT2D eigenvalue weighted by Crippen LogP contribution is -2.22. The number of carbonyl (C=O) groups excluding carboxylic acids is 1. The van der Waals surface area contributed by atoms with E-state index in [0.29, 0.717) is 25.6 Å². The van der Waals surface area contributed by atoms with Crippen LogP contribution in [0.1, 0.15) is 33.7 Å². The molecule has 160 valence electrons. The van der Waals surface area contributed by atoms with Crippen molar-refractivity contribution in [3.05, 3.63) is 95.4 Å². The van der Waals surface area contributed by atoms with Crippen molar-refractivity contribution in [1.29, 1.82) is 0 Å². The normalized spacial score (nSPS) is 13.2. The molecule has 2 heterocycles. The van der Waals surface area contributed by atoms with Gasteiger partial charge in [-0.15, -0.1) is 0 Å². The van der Waals surface area contributed by atoms with E-state index in [-0.39, 0.29) is 5.91 Å². The Morgan fingerprint density at radius 3 is 2.75 bits per heavy atom. The number of aryl methyl sites for hydroxylation is 1. The standard InChI is InChI=1S/C26H23N3O3/c30-26-23-11-10-22(14-19(23)7-4-12-27-26)31-16-18-5-3-8-21(13-18)32-17-25-28-15-20-6-1-2-9-24(20)29-25/h1-3,5-6,8-11,13-15H,4,7,12,16-17H2,(H,27,30). The maximum atomic E-state index is 12.1. The number of carbonyl (C=O) groups is 1. The molecule has 1 N–H and O–H groups in total. The highest BCUT2D eigenvalue weighted by Crippen LogP contribution is 2.23. The van der Waals surface area contributed by atoms with Gasteiger partial charge < -0.3 is 14.8 Å². The molecular formula is C26H23N3O3. The molecule has 6 nitrogen and oxygen atoms in total. The second-order valence-electron chi connectivity index (χ2n) is 7.75. The minimum absolute atomic E-state index is 0.00991. The Labute approximate surface area is 186 Å². The number of hydrogen-bond acceptors (Lipinski definition) is 5. The fraction of sp³-hybridized carbons (Fsp3) is 0.192. The van der Waals surface area contributed by atoms with Crippen LogP contribution >= 0.6 is 0 Å². The number of ether oxygens (including phenoxy) is 2. The zero-order valence-corrected chi connectivity index (χ0v) is 17.6. The Bertz CT molecular complexity index is 1270. The number of benzene rings is 3. The molecule has 0 bridgehead atoms. The molecule has 4 aromatic rings. The Kier molecular flexibility index (Phi) is 5.66. The van der Waals surface area contributed by atoms with Crippen molar-refractivity contribution in [3.8, 4) is 11.5 Å². The van der Waals surface area contributed by atoms with Gasteiger partial charge in [0.1, 0.15) is 24.7 Å². The van der Waals surface area contributed by atoms with Crippen LogP contribution in [0.5, 0.6) is 11.5 Å². The van der Waals surface area contributed by atoms with Gasteiger partial charge in [-0.3, -0.25) is 4.79 Å². The maximum absolute atomic E-state index is 12.1. The van der Waals surface area contributed by atoms with Crippen LogP contribution in [-0.2, 0) is 19.6 Å². The Balaban J connectivity index is 1.22. The average Bonchev–Trinajstić information content (AvgIpc) is 3.02. The third kappa shape index (κ3) is 4.54. The van der Waals surface area contributed by atoms with Crippen LogP contribution in [0.3, 0.4) is 0 Å². The first-order valence-corrected chi connectivity index (χ1v) is 10.7. The van der Waals surface area contributed by atoms with Crippen LogP contribution in [0.2, 0.25) is 0 Å². The molecule has 3 aromatic carbocycles. The number of rotatable bonds is 6. The molecule has 1 aliphatic heterocycles. The first-order chi connectivity index (χ1) is 15.7. The first kappa shape index (κ1) is 20.0. The summed E-state index contributed by atoms with van der Waals surface area (Å²) in [6, 6.07) is 21.3. The van der Waals surface area contributed by atoms with Gasteiger partial charge in [-0.05, 0) is 60.4 Å². The van der Waals surface area contributed by atoms with E-state index in [0.717, 1.165) is 51.9 Å². The molecule has 0 radical (unpaired) electrons. The summed E-state index contributed by atoms with van der Waals surface area (Å²) < 4.78 is 11.9. The van der Waals surface area contributed by atoms with E-state index in [4.69, 9.17) is 9.47 Å². The van der Waals surface area contributed by atoms with Gasteiger partial charge in [-0.25, -0.2) is 9.97 Å². The Hall–Kier alpha value is -3.93. The lowest BCUT2D eigenvalue weighted by Gasteiger charge is -2.11. The minimum atomic E-state index is -0.00991. The third-order valence-electron chi connectivity index (χ3n) is 5.44. The first-order valence-electron chi connectivity index (χ1n) is 10.7. The van der Waals surface area contributed by atoms with E-state index < -0.39 is 0 Å². The molecule has 0 saturated heterocycles. The number of fused-ring (bicyclic) bond motifs is 2. The minimum Gasteiger partial charge on any atom is -0.489 e. The smallest absolute Gasteiger partial charge is 0.251 e. The van der Waals surface area contributed by atoms with Crippen molar-refractivity contribution in [2.45, 2.75) is 26.1 Å². The van der Waals surface area contributed by atoms with Crippen molar-refractivity contribution < 1.29 is 14.3 Å². The molecule has 0 spiro atoms. The van der Waals surface area contributed by atoms with E-state index in [1.54, 1.807) is 0 Å². The number of para-hydroxylation sites is 1. The summed E-state index contributed by atoms with van der Waals surface area (Å²) in [6.07, 6.45) is 3.61. The maximum Gasteiger partial charge on any atom is 0.251 e. The number of amides is 1. The van der Waals surface area contributed by atoms with E-state index in [9.17, 15) is 4.79 Å². The molecule has 5 rings (SSSR count). The van der Waals surface area contributed by atoms with Crippen LogP contribution in [0.4, 0.5) is 0 Å². The summed E-state index contributed by atoms with van der Waals surface area (Å²) in [5.74, 6) is 2.12. The van der Waals surface area contributed by atoms with Crippen LogP contribution in [0, 0.1) is 0 Å². The molecule has 0 aliphatic carbocycles. The van der Waals surface area contributed by atoms with Crippen molar-refractivity contribution >= 4 is 16.8 Å². The summed E-state index contributed by atoms with van der Waals surface area (Å²) in [6.45, 7) is 1.41. The lowest BCUT2D eigenvalue weighted by molar-refractivity contribution is 0.0956. The molecule has 0 saturated carbocycles. The lowest BCUT2D eigenvalue weighted by atomic mass is 10.0. The largest absolute Gasteiger partial charge is 0.489 e. The van der Waals surface area contributed by atoms with Crippen LogP contribution in [0.15, 0.2) is 72.9 Å². The zero-order valence-electron chi connectivity index (χ0n) is 17.6. The van der Waals surface area contributed by atoms with Crippen molar-refractivity contribution in [2.24, 2.45) is 0 Å². The van der Waals surface area contributed by atoms with Gasteiger partial charge in [0.25, 0.3) is 5.91 Å². The molecule has 0 fully saturated rings. The fourth-order valence-electron chi connectivity index (χ4n) is 3.78. The van der Waals surface area contributed by atoms with Gasteiger partial charge in [0.05, 0.1) is 5.52 Å². The number of nitrogens with zero attached hydrogens (tertiary/aromatic N) is 2. The monoisotopic (exact) mass is 425 g/mol. The molecular weight excluding hydrogens is 402 g/mol. The second-order valence-corrected chi connectivity index (χ2v) is 7.75. The van der Waals surface area contributed by atoms with E-state index in [1.165, 1.54) is 0 Å². The van der Waals surface area contributed by atoms with Crippen molar-refractivity contribution in [1.82, 2.24) is 15.3 Å². The van der Waals surface area contributed by atoms with Gasteiger partial charge in [0, 0.05) is 23.7 Å². The number of nitrogens with one attached hydrogen (secondary N) is 1. The summed E-state index contributed by atoms with van der Waals surface area (Å²) in [5, 5.41) is 3.92. The van der Waals surface area contributed by atoms with Crippen LogP contribution < -0.4 is 14.8 Å². The summed E-state index contributed by atoms with van der Waals surface area (Å²) >= 11 is 0. The molecule has 1 amide bonds. The van der Waals surface area contributed by atoms with Gasteiger partial charge in [0.2, 0.25) is 0 Å². The SMILES string of the molecule is O=C1NCCCc2cc(OCc3cccc(OCc4ncc5ccccc5n4)c3)ccc21. The highest BCUT2D eigenvalue weighted by atomic mass is 16.5. The topological polar surface area (TPSA) is 73.3 Å². The van der Waals surface area contributed by atoms with Crippen molar-refractivity contribution in [3.63, 3.8) is 0 Å². The summed E-state index contributed by atoms with van der Waals surface area (Å²) in [7, 11) is 0. The molecule has 0 atom stereocenters. The number of hydrogen-bond donors (Lipinski definition) is 1. The molecule has 1 aromatic heterocycles. The zero-order chi connectivity index (χ0) is 21.8. The summed E-state index contributed by atoms with van der Waals surface area (Å²) in [5.41, 5.74) is 3.67. The fourth-order valence-corrected chi connectivity index (χ4v) is 3.78. The molecule has 32 heavy (non-hydrogen) atoms. The molecule has 6 heteroatoms. The van der Waals surface area contributed by atoms with Gasteiger partial charge in [-0.1, -0.05) is 30.3 Å². The van der Waals surface area contributed by atoms with E-state index in [1.807, 2.05) is 72.9 Å². The van der Waals surface area contributed by atoms with E-state index >= 15 is 0 Å². The predicted octanol–water partition coefficient (Wildman–Crippen LogP) is 4.46. The summed E-state index contributed by atoms with van der Waals surface area (Å²) in [4.78, 5) is 21.0. The molecule has 1 aliphatic rings. The second kappa shape index (κ2) is 9.06. The number of aromatic nitrogens is 2. The van der Waals surface area contributed by atoms with Crippen LogP contribution in [-0.4, -0.2) is 22.4 Å². The van der Waals surface area contributed by atoms with Crippen molar-refractivity contribution in [2.75, 3.05) is 6.54 Å². The third-order valence-corrected chi connectivity index (χ3v) is 5.44. The quantitative estimate of drug-likeness (QED) is 0.494. The van der Waals surface area contributed by atoms with Gasteiger partial charge in [0.15, 0.2) is 5.82 Å². The Morgan fingerprint density at radius 1 is 0.906 bits per heavy atom. The van der Waals surface area contributed by atoms with Crippen LogP contribution in [0.25, 0.3) is 10.9 Å². The Morgan fingerprint density at radius 2 is 1.78 bits per heavy atom. The average molecular weight is 425 g/mol. The highest BCUT2D eigenvalue weighted by molar-refractivity contribution is 5.96. The predicted molar refractivity (Wildman–Crippen MR) is 122 cm³/mol. The van der Waals surface area contributed by atoms with Gasteiger partial charge in [-0.2, -0.15) is 0 Å². The van der Waals surface area contributed by atoms with E-state index in [2.05, 4.69) is 15.3 Å². The van der Waals surface area contributed by atoms with Gasteiger partial charge >= 0.3 is 0 Å². The highest BCUT2D eigenvalue weighted by Gasteiger charge is 2.15.